The minimum Gasteiger partial charge on any atom is -0.507 e. The minimum atomic E-state index is -3.26. The van der Waals surface area contributed by atoms with Crippen LogP contribution in [0.1, 0.15) is 22.3 Å². The van der Waals surface area contributed by atoms with E-state index in [1.54, 1.807) is 12.1 Å². The largest absolute Gasteiger partial charge is 0.507 e. The molecule has 0 saturated carbocycles. The third-order valence-corrected chi connectivity index (χ3v) is 6.95. The number of amides is 1. The van der Waals surface area contributed by atoms with Crippen molar-refractivity contribution < 1.29 is 34.0 Å². The van der Waals surface area contributed by atoms with E-state index in [0.717, 1.165) is 0 Å². The van der Waals surface area contributed by atoms with Gasteiger partial charge in [-0.25, -0.2) is 4.79 Å². The summed E-state index contributed by atoms with van der Waals surface area (Å²) < 4.78 is 18.6. The van der Waals surface area contributed by atoms with Crippen molar-refractivity contribution in [1.82, 2.24) is 5.32 Å². The van der Waals surface area contributed by atoms with E-state index in [1.165, 1.54) is 36.6 Å². The van der Waals surface area contributed by atoms with Crippen LogP contribution in [-0.2, 0) is 15.5 Å². The summed E-state index contributed by atoms with van der Waals surface area (Å²) in [5, 5.41) is 21.8. The maximum Gasteiger partial charge on any atom is 0.326 e. The van der Waals surface area contributed by atoms with Gasteiger partial charge in [0.2, 0.25) is 7.37 Å². The lowest BCUT2D eigenvalue weighted by atomic mass is 10.1. The summed E-state index contributed by atoms with van der Waals surface area (Å²) >= 11 is 8.21. The molecule has 0 aliphatic heterocycles. The minimum absolute atomic E-state index is 0.00467. The molecule has 0 heterocycles. The van der Waals surface area contributed by atoms with Gasteiger partial charge in [0.1, 0.15) is 17.5 Å². The highest BCUT2D eigenvalue weighted by atomic mass is 79.9. The number of aliphatic carboxylic acids is 1. The average Bonchev–Trinajstić information content (AvgIpc) is 2.67. The van der Waals surface area contributed by atoms with Gasteiger partial charge < -0.3 is 25.2 Å². The van der Waals surface area contributed by atoms with Crippen LogP contribution < -0.4 is 10.1 Å². The lowest BCUT2D eigenvalue weighted by Gasteiger charge is -2.16. The molecular formula is C20H22Br2NO7PS. The molecule has 0 saturated heterocycles. The number of aromatic hydroxyl groups is 1. The van der Waals surface area contributed by atoms with Crippen LogP contribution >= 0.6 is 51.0 Å². The fourth-order valence-corrected chi connectivity index (χ4v) is 5.52. The predicted molar refractivity (Wildman–Crippen MR) is 131 cm³/mol. The van der Waals surface area contributed by atoms with E-state index in [1.807, 2.05) is 6.26 Å². The van der Waals surface area contributed by atoms with Crippen LogP contribution in [0.5, 0.6) is 17.2 Å². The number of rotatable bonds is 10. The lowest BCUT2D eigenvalue weighted by Crippen LogP contribution is -2.41. The number of thioether (sulfide) groups is 1. The zero-order chi connectivity index (χ0) is 24.1. The molecule has 0 spiro atoms. The number of nitrogens with one attached hydrogen (secondary N) is 1. The Balaban J connectivity index is 2.27. The number of hydrogen-bond acceptors (Lipinski definition) is 6. The number of carboxylic acids is 1. The molecule has 1 amide bonds. The van der Waals surface area contributed by atoms with Crippen molar-refractivity contribution in [2.45, 2.75) is 18.6 Å². The predicted octanol–water partition coefficient (Wildman–Crippen LogP) is 5.05. The Morgan fingerprint density at radius 1 is 1.22 bits per heavy atom. The number of ether oxygens (including phenoxy) is 1. The monoisotopic (exact) mass is 609 g/mol. The summed E-state index contributed by atoms with van der Waals surface area (Å²) in [4.78, 5) is 33.6. The summed E-state index contributed by atoms with van der Waals surface area (Å²) in [6.07, 6.45) is 2.07. The fourth-order valence-electron chi connectivity index (χ4n) is 2.75. The highest BCUT2D eigenvalue weighted by molar-refractivity contribution is 9.11. The van der Waals surface area contributed by atoms with E-state index in [4.69, 9.17) is 4.74 Å². The molecule has 0 aliphatic rings. The number of carbonyl (C=O) groups is 2. The molecule has 2 atom stereocenters. The first kappa shape index (κ1) is 26.7. The molecule has 12 heteroatoms. The summed E-state index contributed by atoms with van der Waals surface area (Å²) in [5.74, 6) is -1.09. The first-order valence-corrected chi connectivity index (χ1v) is 14.5. The fraction of sp³-hybridized carbons (Fsp3) is 0.300. The van der Waals surface area contributed by atoms with Crippen molar-refractivity contribution >= 4 is 62.9 Å². The van der Waals surface area contributed by atoms with Gasteiger partial charge in [-0.3, -0.25) is 9.36 Å². The van der Waals surface area contributed by atoms with E-state index < -0.39 is 25.3 Å². The SMILES string of the molecule is CSCC[C@H](NC(=O)c1cc(Oc2c(Br)cc(CP(C)(=O)O)cc2Br)ccc1O)C(=O)O. The van der Waals surface area contributed by atoms with E-state index in [-0.39, 0.29) is 29.6 Å². The van der Waals surface area contributed by atoms with Gasteiger partial charge in [-0.1, -0.05) is 0 Å². The maximum atomic E-state index is 12.6. The first-order chi connectivity index (χ1) is 14.9. The van der Waals surface area contributed by atoms with Gasteiger partial charge in [-0.15, -0.1) is 0 Å². The Hall–Kier alpha value is -1.52. The molecule has 0 aliphatic carbocycles. The normalized spacial score (nSPS) is 13.8. The second kappa shape index (κ2) is 11.6. The van der Waals surface area contributed by atoms with E-state index in [9.17, 15) is 29.3 Å². The third-order valence-electron chi connectivity index (χ3n) is 4.18. The van der Waals surface area contributed by atoms with E-state index in [2.05, 4.69) is 37.2 Å². The van der Waals surface area contributed by atoms with Gasteiger partial charge in [0.25, 0.3) is 5.91 Å². The van der Waals surface area contributed by atoms with Gasteiger partial charge in [-0.05, 0) is 86.2 Å². The van der Waals surface area contributed by atoms with Crippen LogP contribution in [0.4, 0.5) is 0 Å². The Morgan fingerprint density at radius 3 is 2.38 bits per heavy atom. The summed E-state index contributed by atoms with van der Waals surface area (Å²) in [6, 6.07) is 6.26. The van der Waals surface area contributed by atoms with Crippen LogP contribution in [-0.4, -0.2) is 51.7 Å². The number of hydrogen-bond donors (Lipinski definition) is 4. The number of phenolic OH excluding ortho intramolecular Hbond substituents is 1. The quantitative estimate of drug-likeness (QED) is 0.275. The lowest BCUT2D eigenvalue weighted by molar-refractivity contribution is -0.139. The van der Waals surface area contributed by atoms with Crippen LogP contribution in [0.15, 0.2) is 39.3 Å². The molecule has 174 valence electrons. The van der Waals surface area contributed by atoms with Crippen molar-refractivity contribution in [3.8, 4) is 17.2 Å². The first-order valence-electron chi connectivity index (χ1n) is 9.22. The average molecular weight is 611 g/mol. The number of phenols is 1. The third kappa shape index (κ3) is 7.81. The second-order valence-electron chi connectivity index (χ2n) is 7.02. The molecule has 4 N–H and O–H groups in total. The standard InChI is InChI=1S/C20H22Br2NO7PS/c1-31(28,29)10-11-7-14(21)18(15(22)8-11)30-12-3-4-17(24)13(9-12)19(25)23-16(20(26)27)5-6-32-2/h3-4,7-9,16,24H,5-6,10H2,1-2H3,(H,23,25)(H,26,27)(H,28,29)/t16-/m0/s1. The Bertz CT molecular complexity index is 1040. The molecule has 0 fully saturated rings. The highest BCUT2D eigenvalue weighted by Gasteiger charge is 2.23. The molecule has 8 nitrogen and oxygen atoms in total. The second-order valence-corrected chi connectivity index (χ2v) is 12.1. The van der Waals surface area contributed by atoms with Crippen molar-refractivity contribution in [1.29, 1.82) is 0 Å². The smallest absolute Gasteiger partial charge is 0.326 e. The molecule has 2 aromatic rings. The van der Waals surface area contributed by atoms with Crippen molar-refractivity contribution in [2.75, 3.05) is 18.7 Å². The Labute approximate surface area is 206 Å². The van der Waals surface area contributed by atoms with Gasteiger partial charge in [0.05, 0.1) is 14.5 Å². The molecule has 2 rings (SSSR count). The van der Waals surface area contributed by atoms with E-state index in [0.29, 0.717) is 26.0 Å². The van der Waals surface area contributed by atoms with Gasteiger partial charge in [0, 0.05) is 12.8 Å². The van der Waals surface area contributed by atoms with Crippen molar-refractivity contribution in [3.63, 3.8) is 0 Å². The van der Waals surface area contributed by atoms with Crippen molar-refractivity contribution in [3.05, 3.63) is 50.4 Å². The Morgan fingerprint density at radius 2 is 1.84 bits per heavy atom. The Kier molecular flexibility index (Phi) is 9.66. The summed E-state index contributed by atoms with van der Waals surface area (Å²) in [6.45, 7) is 1.28. The van der Waals surface area contributed by atoms with Crippen molar-refractivity contribution in [2.24, 2.45) is 0 Å². The van der Waals surface area contributed by atoms with Gasteiger partial charge in [-0.2, -0.15) is 11.8 Å². The number of benzene rings is 2. The molecule has 32 heavy (non-hydrogen) atoms. The zero-order valence-electron chi connectivity index (χ0n) is 17.2. The molecule has 0 aromatic heterocycles. The number of carbonyl (C=O) groups excluding carboxylic acids is 1. The van der Waals surface area contributed by atoms with Crippen LogP contribution in [0, 0.1) is 0 Å². The summed E-state index contributed by atoms with van der Waals surface area (Å²) in [7, 11) is -3.26. The molecule has 1 unspecified atom stereocenters. The number of carboxylic acid groups (broad SMARTS) is 1. The number of halogens is 2. The van der Waals surface area contributed by atoms with Crippen LogP contribution in [0.3, 0.4) is 0 Å². The van der Waals surface area contributed by atoms with Crippen LogP contribution in [0.2, 0.25) is 0 Å². The molecular weight excluding hydrogens is 589 g/mol. The van der Waals surface area contributed by atoms with Crippen LogP contribution in [0.25, 0.3) is 0 Å². The molecule has 0 bridgehead atoms. The maximum absolute atomic E-state index is 12.6. The van der Waals surface area contributed by atoms with E-state index >= 15 is 0 Å². The molecule has 0 radical (unpaired) electrons. The zero-order valence-corrected chi connectivity index (χ0v) is 22.1. The molecule has 2 aromatic carbocycles. The summed E-state index contributed by atoms with van der Waals surface area (Å²) in [5.41, 5.74) is 0.495. The van der Waals surface area contributed by atoms with Gasteiger partial charge in [0.15, 0.2) is 5.75 Å². The topological polar surface area (TPSA) is 133 Å². The highest BCUT2D eigenvalue weighted by Crippen LogP contribution is 2.44. The van der Waals surface area contributed by atoms with Gasteiger partial charge >= 0.3 is 5.97 Å².